The zero-order valence-electron chi connectivity index (χ0n) is 7.42. The van der Waals surface area contributed by atoms with Crippen molar-refractivity contribution < 1.29 is 0 Å². The molecule has 2 heterocycles. The molecule has 1 aromatic heterocycles. The normalized spacial score (nSPS) is 19.2. The topological polar surface area (TPSA) is 24.9 Å². The van der Waals surface area contributed by atoms with Crippen LogP contribution in [0.5, 0.6) is 0 Å². The lowest BCUT2D eigenvalue weighted by Crippen LogP contribution is -2.26. The summed E-state index contributed by atoms with van der Waals surface area (Å²) < 4.78 is 1.04. The van der Waals surface area contributed by atoms with E-state index in [0.717, 1.165) is 23.4 Å². The number of rotatable bonds is 2. The Kier molecular flexibility index (Phi) is 3.57. The van der Waals surface area contributed by atoms with Gasteiger partial charge in [0.2, 0.25) is 0 Å². The van der Waals surface area contributed by atoms with E-state index in [0.29, 0.717) is 0 Å². The molecule has 1 N–H and O–H groups in total. The molecule has 0 amide bonds. The molecule has 2 nitrogen and oxygen atoms in total. The van der Waals surface area contributed by atoms with Crippen LogP contribution in [-0.2, 0) is 4.43 Å². The molecule has 1 aliphatic heterocycles. The lowest BCUT2D eigenvalue weighted by Gasteiger charge is -2.20. The fourth-order valence-electron chi connectivity index (χ4n) is 1.64. The molecule has 1 aliphatic rings. The number of piperidine rings is 1. The van der Waals surface area contributed by atoms with Crippen LogP contribution in [0.15, 0.2) is 5.38 Å². The van der Waals surface area contributed by atoms with Gasteiger partial charge in [0.05, 0.1) is 10.7 Å². The van der Waals surface area contributed by atoms with Gasteiger partial charge < -0.3 is 5.32 Å². The van der Waals surface area contributed by atoms with Crippen LogP contribution < -0.4 is 5.32 Å². The maximum Gasteiger partial charge on any atom is 0.0960 e. The zero-order valence-corrected chi connectivity index (χ0v) is 10.4. The summed E-state index contributed by atoms with van der Waals surface area (Å²) in [5, 5.41) is 6.93. The van der Waals surface area contributed by atoms with Crippen LogP contribution >= 0.6 is 33.9 Å². The fourth-order valence-corrected chi connectivity index (χ4v) is 3.32. The minimum Gasteiger partial charge on any atom is -0.317 e. The average molecular weight is 308 g/mol. The second-order valence-corrected chi connectivity index (χ2v) is 4.99. The van der Waals surface area contributed by atoms with Crippen molar-refractivity contribution in [2.75, 3.05) is 13.1 Å². The van der Waals surface area contributed by atoms with E-state index in [9.17, 15) is 0 Å². The van der Waals surface area contributed by atoms with Gasteiger partial charge in [-0.2, -0.15) is 0 Å². The molecule has 0 bridgehead atoms. The molecule has 0 aliphatic carbocycles. The number of aromatic nitrogens is 1. The molecule has 1 aromatic rings. The first-order valence-corrected chi connectivity index (χ1v) is 7.01. The van der Waals surface area contributed by atoms with Crippen molar-refractivity contribution in [3.05, 3.63) is 16.1 Å². The summed E-state index contributed by atoms with van der Waals surface area (Å²) in [4.78, 5) is 4.64. The zero-order chi connectivity index (χ0) is 9.10. The predicted molar refractivity (Wildman–Crippen MR) is 64.7 cm³/mol. The molecule has 0 aromatic carbocycles. The van der Waals surface area contributed by atoms with Gasteiger partial charge in [-0.3, -0.25) is 0 Å². The van der Waals surface area contributed by atoms with Crippen molar-refractivity contribution in [1.82, 2.24) is 10.3 Å². The van der Waals surface area contributed by atoms with Crippen molar-refractivity contribution in [3.63, 3.8) is 0 Å². The van der Waals surface area contributed by atoms with Gasteiger partial charge in [0.25, 0.3) is 0 Å². The van der Waals surface area contributed by atoms with Gasteiger partial charge in [0.1, 0.15) is 0 Å². The van der Waals surface area contributed by atoms with Gasteiger partial charge >= 0.3 is 0 Å². The highest BCUT2D eigenvalue weighted by Crippen LogP contribution is 2.28. The average Bonchev–Trinajstić information content (AvgIpc) is 2.67. The highest BCUT2D eigenvalue weighted by Gasteiger charge is 2.17. The van der Waals surface area contributed by atoms with Crippen molar-refractivity contribution >= 4 is 33.9 Å². The maximum atomic E-state index is 4.64. The third-order valence-electron chi connectivity index (χ3n) is 2.39. The fraction of sp³-hybridized carbons (Fsp3) is 0.667. The lowest BCUT2D eigenvalue weighted by atomic mass is 9.99. The van der Waals surface area contributed by atoms with Crippen molar-refractivity contribution in [3.8, 4) is 0 Å². The van der Waals surface area contributed by atoms with E-state index in [-0.39, 0.29) is 0 Å². The third-order valence-corrected chi connectivity index (χ3v) is 4.23. The molecule has 0 atom stereocenters. The summed E-state index contributed by atoms with van der Waals surface area (Å²) in [6.45, 7) is 2.31. The van der Waals surface area contributed by atoms with Crippen LogP contribution in [0.2, 0.25) is 0 Å². The van der Waals surface area contributed by atoms with Crippen LogP contribution in [0, 0.1) is 0 Å². The second-order valence-electron chi connectivity index (χ2n) is 3.33. The largest absolute Gasteiger partial charge is 0.317 e. The summed E-state index contributed by atoms with van der Waals surface area (Å²) in [7, 11) is 0. The molecule has 13 heavy (non-hydrogen) atoms. The number of thiazole rings is 1. The smallest absolute Gasteiger partial charge is 0.0960 e. The second kappa shape index (κ2) is 4.70. The molecule has 1 saturated heterocycles. The molecule has 1 fully saturated rings. The van der Waals surface area contributed by atoms with Crippen LogP contribution in [0.3, 0.4) is 0 Å². The summed E-state index contributed by atoms with van der Waals surface area (Å²) in [6.07, 6.45) is 2.52. The van der Waals surface area contributed by atoms with Gasteiger partial charge in [-0.05, 0) is 25.9 Å². The van der Waals surface area contributed by atoms with Crippen molar-refractivity contribution in [1.29, 1.82) is 0 Å². The van der Waals surface area contributed by atoms with E-state index in [1.54, 1.807) is 0 Å². The van der Waals surface area contributed by atoms with E-state index in [1.165, 1.54) is 23.5 Å². The van der Waals surface area contributed by atoms with Gasteiger partial charge in [-0.15, -0.1) is 11.3 Å². The summed E-state index contributed by atoms with van der Waals surface area (Å²) in [6, 6.07) is 0. The lowest BCUT2D eigenvalue weighted by molar-refractivity contribution is 0.459. The van der Waals surface area contributed by atoms with Gasteiger partial charge in [0, 0.05) is 15.7 Å². The van der Waals surface area contributed by atoms with E-state index < -0.39 is 0 Å². The molecular weight excluding hydrogens is 295 g/mol. The number of nitrogens with zero attached hydrogens (tertiary/aromatic N) is 1. The monoisotopic (exact) mass is 308 g/mol. The van der Waals surface area contributed by atoms with Gasteiger partial charge in [-0.25, -0.2) is 4.98 Å². The first-order chi connectivity index (χ1) is 6.40. The summed E-state index contributed by atoms with van der Waals surface area (Å²) >= 11 is 4.21. The highest BCUT2D eigenvalue weighted by atomic mass is 127. The SMILES string of the molecule is ICc1csc(C2CCNCC2)n1. The number of hydrogen-bond donors (Lipinski definition) is 1. The minimum absolute atomic E-state index is 0.725. The quantitative estimate of drug-likeness (QED) is 0.671. The molecule has 0 spiro atoms. The Balaban J connectivity index is 2.05. The number of nitrogens with one attached hydrogen (secondary N) is 1. The standard InChI is InChI=1S/C9H13IN2S/c10-5-8-6-13-9(12-8)7-1-3-11-4-2-7/h6-7,11H,1-5H2. The van der Waals surface area contributed by atoms with Gasteiger partial charge in [0.15, 0.2) is 0 Å². The third kappa shape index (κ3) is 2.41. The Labute approximate surface area is 96.3 Å². The maximum absolute atomic E-state index is 4.64. The first kappa shape index (κ1) is 9.86. The molecule has 0 unspecified atom stereocenters. The Hall–Kier alpha value is 0.320. The first-order valence-electron chi connectivity index (χ1n) is 4.61. The molecular formula is C9H13IN2S. The van der Waals surface area contributed by atoms with Crippen molar-refractivity contribution in [2.45, 2.75) is 23.2 Å². The molecule has 0 radical (unpaired) electrons. The predicted octanol–water partition coefficient (Wildman–Crippen LogP) is 2.55. The Bertz CT molecular complexity index is 268. The number of hydrogen-bond acceptors (Lipinski definition) is 3. The molecule has 0 saturated carbocycles. The number of halogens is 1. The van der Waals surface area contributed by atoms with Crippen LogP contribution in [0.4, 0.5) is 0 Å². The van der Waals surface area contributed by atoms with E-state index in [2.05, 4.69) is 38.3 Å². The number of alkyl halides is 1. The van der Waals surface area contributed by atoms with Crippen molar-refractivity contribution in [2.24, 2.45) is 0 Å². The Morgan fingerprint density at radius 2 is 2.31 bits per heavy atom. The Morgan fingerprint density at radius 1 is 1.54 bits per heavy atom. The summed E-state index contributed by atoms with van der Waals surface area (Å²) in [5.74, 6) is 0.725. The van der Waals surface area contributed by atoms with E-state index >= 15 is 0 Å². The van der Waals surface area contributed by atoms with Crippen LogP contribution in [0.25, 0.3) is 0 Å². The molecule has 72 valence electrons. The van der Waals surface area contributed by atoms with Crippen LogP contribution in [0.1, 0.15) is 29.5 Å². The highest BCUT2D eigenvalue weighted by molar-refractivity contribution is 14.1. The summed E-state index contributed by atoms with van der Waals surface area (Å²) in [5.41, 5.74) is 1.25. The molecule has 4 heteroatoms. The van der Waals surface area contributed by atoms with E-state index in [4.69, 9.17) is 0 Å². The molecule has 2 rings (SSSR count). The Morgan fingerprint density at radius 3 is 2.92 bits per heavy atom. The van der Waals surface area contributed by atoms with E-state index in [1.807, 2.05) is 11.3 Å². The minimum atomic E-state index is 0.725. The van der Waals surface area contributed by atoms with Crippen LogP contribution in [-0.4, -0.2) is 18.1 Å². The van der Waals surface area contributed by atoms with Gasteiger partial charge in [-0.1, -0.05) is 22.6 Å².